The van der Waals surface area contributed by atoms with E-state index in [4.69, 9.17) is 16.3 Å². The molecule has 0 aliphatic carbocycles. The highest BCUT2D eigenvalue weighted by molar-refractivity contribution is 7.99. The lowest BCUT2D eigenvalue weighted by molar-refractivity contribution is -0.145. The molecule has 0 aliphatic heterocycles. The van der Waals surface area contributed by atoms with Crippen LogP contribution in [0, 0.1) is 6.92 Å². The highest BCUT2D eigenvalue weighted by Gasteiger charge is 2.36. The van der Waals surface area contributed by atoms with E-state index in [2.05, 4.69) is 9.97 Å². The molecule has 1 aromatic heterocycles. The average Bonchev–Trinajstić information content (AvgIpc) is 2.59. The standard InChI is InChI=1S/C18H12ClF3N2OS/c1-11-15(25-12-7-3-2-4-8-12)16(24-17(23-11)18(20,21)22)26-14-10-6-5-9-13(14)19/h2-10H,1H3. The van der Waals surface area contributed by atoms with Crippen molar-refractivity contribution in [3.63, 3.8) is 0 Å². The first-order valence-corrected chi connectivity index (χ1v) is 8.65. The Balaban J connectivity index is 2.08. The number of ether oxygens (including phenoxy) is 1. The van der Waals surface area contributed by atoms with Gasteiger partial charge in [-0.2, -0.15) is 13.2 Å². The van der Waals surface area contributed by atoms with Crippen molar-refractivity contribution in [1.82, 2.24) is 9.97 Å². The van der Waals surface area contributed by atoms with Gasteiger partial charge in [0.1, 0.15) is 10.8 Å². The van der Waals surface area contributed by atoms with Crippen LogP contribution in [-0.2, 0) is 6.18 Å². The fourth-order valence-corrected chi connectivity index (χ4v) is 3.27. The number of benzene rings is 2. The van der Waals surface area contributed by atoms with Crippen LogP contribution in [0.5, 0.6) is 11.5 Å². The van der Waals surface area contributed by atoms with Gasteiger partial charge in [-0.25, -0.2) is 9.97 Å². The summed E-state index contributed by atoms with van der Waals surface area (Å²) in [5.41, 5.74) is 0.0886. The molecule has 3 nitrogen and oxygen atoms in total. The van der Waals surface area contributed by atoms with Gasteiger partial charge in [0.25, 0.3) is 0 Å². The minimum Gasteiger partial charge on any atom is -0.453 e. The number of para-hydroxylation sites is 1. The molecule has 0 unspecified atom stereocenters. The number of hydrogen-bond donors (Lipinski definition) is 0. The third-order valence-corrected chi connectivity index (χ3v) is 4.75. The van der Waals surface area contributed by atoms with E-state index in [1.807, 2.05) is 6.07 Å². The van der Waals surface area contributed by atoms with Gasteiger partial charge in [-0.1, -0.05) is 53.7 Å². The van der Waals surface area contributed by atoms with Gasteiger partial charge in [-0.15, -0.1) is 0 Å². The quantitative estimate of drug-likeness (QED) is 0.478. The molecule has 0 radical (unpaired) electrons. The largest absolute Gasteiger partial charge is 0.453 e. The lowest BCUT2D eigenvalue weighted by atomic mass is 10.3. The van der Waals surface area contributed by atoms with Crippen LogP contribution >= 0.6 is 23.4 Å². The fourth-order valence-electron chi connectivity index (χ4n) is 2.09. The van der Waals surface area contributed by atoms with Gasteiger partial charge in [-0.05, 0) is 31.2 Å². The third kappa shape index (κ3) is 4.28. The SMILES string of the molecule is Cc1nc(C(F)(F)F)nc(Sc2ccccc2Cl)c1Oc1ccccc1. The zero-order valence-corrected chi connectivity index (χ0v) is 15.0. The molecule has 26 heavy (non-hydrogen) atoms. The van der Waals surface area contributed by atoms with Crippen molar-refractivity contribution in [2.45, 2.75) is 23.0 Å². The van der Waals surface area contributed by atoms with Gasteiger partial charge < -0.3 is 4.74 Å². The highest BCUT2D eigenvalue weighted by Crippen LogP contribution is 2.41. The van der Waals surface area contributed by atoms with Gasteiger partial charge in [0, 0.05) is 4.90 Å². The Bertz CT molecular complexity index is 920. The number of aromatic nitrogens is 2. The summed E-state index contributed by atoms with van der Waals surface area (Å²) in [5, 5.41) is 0.453. The van der Waals surface area contributed by atoms with Crippen molar-refractivity contribution in [3.05, 3.63) is 71.1 Å². The van der Waals surface area contributed by atoms with Gasteiger partial charge >= 0.3 is 6.18 Å². The van der Waals surface area contributed by atoms with E-state index in [0.717, 1.165) is 11.8 Å². The van der Waals surface area contributed by atoms with Crippen molar-refractivity contribution in [3.8, 4) is 11.5 Å². The first kappa shape index (κ1) is 18.5. The molecule has 2 aromatic carbocycles. The summed E-state index contributed by atoms with van der Waals surface area (Å²) in [6, 6.07) is 15.5. The molecule has 0 spiro atoms. The van der Waals surface area contributed by atoms with E-state index >= 15 is 0 Å². The van der Waals surface area contributed by atoms with Crippen LogP contribution in [0.25, 0.3) is 0 Å². The van der Waals surface area contributed by atoms with E-state index in [0.29, 0.717) is 15.7 Å². The lowest BCUT2D eigenvalue weighted by Gasteiger charge is -2.15. The Morgan fingerprint density at radius 3 is 2.27 bits per heavy atom. The van der Waals surface area contributed by atoms with Gasteiger partial charge in [0.05, 0.1) is 10.7 Å². The number of hydrogen-bond acceptors (Lipinski definition) is 4. The number of aryl methyl sites for hydroxylation is 1. The topological polar surface area (TPSA) is 35.0 Å². The summed E-state index contributed by atoms with van der Waals surface area (Å²) >= 11 is 7.13. The molecule has 1 heterocycles. The van der Waals surface area contributed by atoms with E-state index < -0.39 is 12.0 Å². The van der Waals surface area contributed by atoms with Crippen molar-refractivity contribution in [2.24, 2.45) is 0 Å². The number of halogens is 4. The molecule has 0 N–H and O–H groups in total. The zero-order chi connectivity index (χ0) is 18.7. The van der Waals surface area contributed by atoms with E-state index in [-0.39, 0.29) is 16.5 Å². The van der Waals surface area contributed by atoms with Gasteiger partial charge in [0.15, 0.2) is 5.75 Å². The van der Waals surface area contributed by atoms with E-state index in [1.165, 1.54) is 6.92 Å². The fraction of sp³-hybridized carbons (Fsp3) is 0.111. The summed E-state index contributed by atoms with van der Waals surface area (Å²) in [6.45, 7) is 1.45. The monoisotopic (exact) mass is 396 g/mol. The molecule has 3 rings (SSSR count). The molecule has 0 saturated carbocycles. The molecular weight excluding hydrogens is 385 g/mol. The second-order valence-corrected chi connectivity index (χ2v) is 6.65. The van der Waals surface area contributed by atoms with Crippen LogP contribution < -0.4 is 4.74 Å². The highest BCUT2D eigenvalue weighted by atomic mass is 35.5. The molecule has 0 saturated heterocycles. The molecule has 0 amide bonds. The maximum Gasteiger partial charge on any atom is 0.451 e. The summed E-state index contributed by atoms with van der Waals surface area (Å²) < 4.78 is 45.1. The Morgan fingerprint density at radius 2 is 1.62 bits per heavy atom. The first-order valence-electron chi connectivity index (χ1n) is 7.45. The maximum absolute atomic E-state index is 13.1. The Kier molecular flexibility index (Phi) is 5.38. The van der Waals surface area contributed by atoms with Crippen LogP contribution in [0.4, 0.5) is 13.2 Å². The van der Waals surface area contributed by atoms with E-state index in [1.54, 1.807) is 48.5 Å². The molecular formula is C18H12ClF3N2OS. The normalized spacial score (nSPS) is 11.4. The van der Waals surface area contributed by atoms with Crippen molar-refractivity contribution >= 4 is 23.4 Å². The summed E-state index contributed by atoms with van der Waals surface area (Å²) in [4.78, 5) is 7.81. The van der Waals surface area contributed by atoms with Crippen LogP contribution in [0.1, 0.15) is 11.5 Å². The number of rotatable bonds is 4. The minimum atomic E-state index is -4.66. The summed E-state index contributed by atoms with van der Waals surface area (Å²) in [6.07, 6.45) is -4.66. The molecule has 3 aromatic rings. The van der Waals surface area contributed by atoms with Crippen molar-refractivity contribution < 1.29 is 17.9 Å². The van der Waals surface area contributed by atoms with Crippen molar-refractivity contribution in [1.29, 1.82) is 0 Å². The van der Waals surface area contributed by atoms with Gasteiger partial charge in [0.2, 0.25) is 5.82 Å². The van der Waals surface area contributed by atoms with Crippen molar-refractivity contribution in [2.75, 3.05) is 0 Å². The van der Waals surface area contributed by atoms with E-state index in [9.17, 15) is 13.2 Å². The Labute approximate surface area is 157 Å². The number of nitrogens with zero attached hydrogens (tertiary/aromatic N) is 2. The Morgan fingerprint density at radius 1 is 0.962 bits per heavy atom. The minimum absolute atomic E-state index is 0.0433. The Hall–Kier alpha value is -2.25. The first-order chi connectivity index (χ1) is 12.3. The number of alkyl halides is 3. The molecule has 134 valence electrons. The van der Waals surface area contributed by atoms with Crippen LogP contribution in [0.3, 0.4) is 0 Å². The van der Waals surface area contributed by atoms with Gasteiger partial charge in [-0.3, -0.25) is 0 Å². The third-order valence-electron chi connectivity index (χ3n) is 3.26. The predicted octanol–water partition coefficient (Wildman–Crippen LogP) is 6.40. The zero-order valence-electron chi connectivity index (χ0n) is 13.4. The summed E-state index contributed by atoms with van der Waals surface area (Å²) in [5.74, 6) is -0.584. The average molecular weight is 397 g/mol. The maximum atomic E-state index is 13.1. The summed E-state index contributed by atoms with van der Waals surface area (Å²) in [7, 11) is 0. The van der Waals surface area contributed by atoms with Crippen LogP contribution in [0.15, 0.2) is 64.5 Å². The second-order valence-electron chi connectivity index (χ2n) is 5.21. The smallest absolute Gasteiger partial charge is 0.451 e. The molecule has 0 aliphatic rings. The second kappa shape index (κ2) is 7.55. The predicted molar refractivity (Wildman–Crippen MR) is 93.9 cm³/mol. The molecule has 0 bridgehead atoms. The van der Waals surface area contributed by atoms with Crippen LogP contribution in [0.2, 0.25) is 5.02 Å². The molecule has 0 fully saturated rings. The lowest BCUT2D eigenvalue weighted by Crippen LogP contribution is -2.13. The van der Waals surface area contributed by atoms with Crippen LogP contribution in [-0.4, -0.2) is 9.97 Å². The molecule has 0 atom stereocenters. The molecule has 8 heteroatoms.